The molecule has 0 aliphatic carbocycles. The highest BCUT2D eigenvalue weighted by Gasteiger charge is 2.46. The normalized spacial score (nSPS) is 18.6. The molecule has 236 valence electrons. The molecule has 1 aliphatic heterocycles. The molecule has 2 aromatic carbocycles. The first-order valence-corrected chi connectivity index (χ1v) is 15.9. The topological polar surface area (TPSA) is 106 Å². The number of halogens is 3. The molecule has 2 unspecified atom stereocenters. The van der Waals surface area contributed by atoms with Gasteiger partial charge in [0.15, 0.2) is 5.03 Å². The number of alkyl halides is 3. The average Bonchev–Trinajstić information content (AvgIpc) is 2.93. The van der Waals surface area contributed by atoms with Crippen LogP contribution in [0.3, 0.4) is 0 Å². The Hall–Kier alpha value is -3.86. The Kier molecular flexibility index (Phi) is 9.48. The fraction of sp³-hybridized carbons (Fsp3) is 0.394. The van der Waals surface area contributed by atoms with Crippen LogP contribution in [0, 0.1) is 5.41 Å². The maximum absolute atomic E-state index is 13.7. The molecule has 2 N–H and O–H groups in total. The van der Waals surface area contributed by atoms with Crippen molar-refractivity contribution >= 4 is 21.7 Å². The van der Waals surface area contributed by atoms with Gasteiger partial charge in [-0.15, -0.1) is 0 Å². The molecule has 0 saturated heterocycles. The molecule has 0 radical (unpaired) electrons. The highest BCUT2D eigenvalue weighted by molar-refractivity contribution is 7.92. The number of aliphatic hydroxyl groups excluding tert-OH is 1. The molecule has 0 fully saturated rings. The lowest BCUT2D eigenvalue weighted by Gasteiger charge is -2.41. The van der Waals surface area contributed by atoms with Gasteiger partial charge in [0.05, 0.1) is 11.1 Å². The summed E-state index contributed by atoms with van der Waals surface area (Å²) in [6.45, 7) is 7.70. The Morgan fingerprint density at radius 2 is 1.73 bits per heavy atom. The number of aromatic nitrogens is 1. The van der Waals surface area contributed by atoms with Gasteiger partial charge in [0.2, 0.25) is 0 Å². The first-order chi connectivity index (χ1) is 20.5. The number of carbonyl (C=O) groups is 1. The lowest BCUT2D eigenvalue weighted by molar-refractivity contribution is -0.161. The monoisotopic (exact) mass is 630 g/mol. The molecule has 7 nitrogen and oxygen atoms in total. The number of nitrogens with zero attached hydrogens (tertiary/aromatic N) is 1. The van der Waals surface area contributed by atoms with Gasteiger partial charge in [0.25, 0.3) is 10.0 Å². The summed E-state index contributed by atoms with van der Waals surface area (Å²) in [5, 5.41) is 10.9. The Bertz CT molecular complexity index is 1620. The summed E-state index contributed by atoms with van der Waals surface area (Å²) in [7, 11) is -4.33. The van der Waals surface area contributed by atoms with Gasteiger partial charge in [0, 0.05) is 24.2 Å². The number of esters is 1. The molecule has 1 aromatic heterocycles. The van der Waals surface area contributed by atoms with Crippen LogP contribution in [-0.2, 0) is 32.2 Å². The second-order valence-electron chi connectivity index (χ2n) is 12.3. The van der Waals surface area contributed by atoms with Crippen LogP contribution in [0.1, 0.15) is 76.0 Å². The van der Waals surface area contributed by atoms with E-state index in [1.807, 2.05) is 58.0 Å². The molecule has 44 heavy (non-hydrogen) atoms. The number of aryl methyl sites for hydroxylation is 1. The van der Waals surface area contributed by atoms with Gasteiger partial charge in [-0.1, -0.05) is 76.6 Å². The molecule has 0 bridgehead atoms. The van der Waals surface area contributed by atoms with E-state index in [1.165, 1.54) is 12.1 Å². The minimum Gasteiger partial charge on any atom is -0.512 e. The lowest BCUT2D eigenvalue weighted by Crippen LogP contribution is -2.43. The summed E-state index contributed by atoms with van der Waals surface area (Å²) in [6.07, 6.45) is -1.48. The number of rotatable bonds is 10. The van der Waals surface area contributed by atoms with Crippen molar-refractivity contribution in [1.82, 2.24) is 4.98 Å². The van der Waals surface area contributed by atoms with E-state index in [9.17, 15) is 31.5 Å². The molecule has 2 atom stereocenters. The van der Waals surface area contributed by atoms with Gasteiger partial charge in [-0.05, 0) is 60.1 Å². The van der Waals surface area contributed by atoms with E-state index in [4.69, 9.17) is 4.74 Å². The van der Waals surface area contributed by atoms with Crippen LogP contribution in [0.2, 0.25) is 0 Å². The highest BCUT2D eigenvalue weighted by atomic mass is 32.2. The lowest BCUT2D eigenvalue weighted by atomic mass is 9.70. The van der Waals surface area contributed by atoms with Crippen LogP contribution in [-0.4, -0.2) is 30.1 Å². The van der Waals surface area contributed by atoms with E-state index < -0.39 is 49.7 Å². The predicted molar refractivity (Wildman–Crippen MR) is 161 cm³/mol. The number of hydrogen-bond donors (Lipinski definition) is 2. The maximum Gasteiger partial charge on any atom is 0.417 e. The van der Waals surface area contributed by atoms with Gasteiger partial charge < -0.3 is 9.84 Å². The smallest absolute Gasteiger partial charge is 0.417 e. The number of anilines is 1. The number of sulfonamides is 1. The fourth-order valence-corrected chi connectivity index (χ4v) is 6.74. The number of cyclic esters (lactones) is 1. The van der Waals surface area contributed by atoms with Crippen molar-refractivity contribution in [3.05, 3.63) is 101 Å². The quantitative estimate of drug-likeness (QED) is 0.220. The largest absolute Gasteiger partial charge is 0.512 e. The van der Waals surface area contributed by atoms with Gasteiger partial charge in [-0.25, -0.2) is 9.78 Å². The predicted octanol–water partition coefficient (Wildman–Crippen LogP) is 7.96. The van der Waals surface area contributed by atoms with E-state index in [-0.39, 0.29) is 23.4 Å². The fourth-order valence-electron chi connectivity index (χ4n) is 5.76. The molecule has 1 aliphatic rings. The Morgan fingerprint density at radius 3 is 2.30 bits per heavy atom. The standard InChI is InChI=1S/C33H37F3N2O5S/c1-5-17-32(18-16-22-10-7-6-8-11-22)20-26(39)28(30(40)43-32)29(31(2,3)4)23-12-9-13-25(19-23)38-44(41,42)27-15-14-24(21-37-27)33(34,35)36/h6-15,19,21,29,38-39H,5,16-18,20H2,1-4H3. The third-order valence-corrected chi connectivity index (χ3v) is 9.01. The number of nitrogens with one attached hydrogen (secondary N) is 1. The summed E-state index contributed by atoms with van der Waals surface area (Å²) in [5.41, 5.74) is -0.648. The second kappa shape index (κ2) is 12.6. The Morgan fingerprint density at radius 1 is 1.02 bits per heavy atom. The second-order valence-corrected chi connectivity index (χ2v) is 13.9. The molecule has 0 spiro atoms. The van der Waals surface area contributed by atoms with Gasteiger partial charge in [0.1, 0.15) is 11.4 Å². The van der Waals surface area contributed by atoms with Crippen molar-refractivity contribution in [3.8, 4) is 0 Å². The van der Waals surface area contributed by atoms with Crippen LogP contribution in [0.15, 0.2) is 89.3 Å². The Balaban J connectivity index is 1.64. The molecule has 4 rings (SSSR count). The zero-order chi connectivity index (χ0) is 32.3. The first kappa shape index (κ1) is 33.0. The summed E-state index contributed by atoms with van der Waals surface area (Å²) in [6, 6.07) is 17.6. The van der Waals surface area contributed by atoms with Crippen molar-refractivity contribution in [3.63, 3.8) is 0 Å². The highest BCUT2D eigenvalue weighted by Crippen LogP contribution is 2.47. The zero-order valence-electron chi connectivity index (χ0n) is 25.1. The summed E-state index contributed by atoms with van der Waals surface area (Å²) < 4.78 is 73.2. The number of aliphatic hydroxyl groups is 1. The maximum atomic E-state index is 13.7. The molecule has 0 saturated carbocycles. The third-order valence-electron chi connectivity index (χ3n) is 7.71. The molecular weight excluding hydrogens is 593 g/mol. The average molecular weight is 631 g/mol. The van der Waals surface area contributed by atoms with Crippen LogP contribution in [0.25, 0.3) is 0 Å². The molecule has 2 heterocycles. The number of hydrogen-bond acceptors (Lipinski definition) is 6. The van der Waals surface area contributed by atoms with Crippen molar-refractivity contribution < 1.29 is 36.2 Å². The summed E-state index contributed by atoms with van der Waals surface area (Å²) in [4.78, 5) is 17.2. The van der Waals surface area contributed by atoms with Gasteiger partial charge in [-0.3, -0.25) is 4.72 Å². The van der Waals surface area contributed by atoms with Crippen molar-refractivity contribution in [2.75, 3.05) is 4.72 Å². The van der Waals surface area contributed by atoms with Crippen LogP contribution in [0.4, 0.5) is 18.9 Å². The SMILES string of the molecule is CCCC1(CCc2ccccc2)CC(O)=C(C(c2cccc(NS(=O)(=O)c3ccc(C(F)(F)F)cn3)c2)C(C)(C)C)C(=O)O1. The van der Waals surface area contributed by atoms with E-state index in [0.29, 0.717) is 37.1 Å². The number of ether oxygens (including phenoxy) is 1. The number of benzene rings is 2. The third kappa shape index (κ3) is 7.61. The zero-order valence-corrected chi connectivity index (χ0v) is 25.9. The van der Waals surface area contributed by atoms with Crippen LogP contribution >= 0.6 is 0 Å². The minimum atomic E-state index is -4.66. The van der Waals surface area contributed by atoms with Gasteiger partial charge >= 0.3 is 12.1 Å². The summed E-state index contributed by atoms with van der Waals surface area (Å²) >= 11 is 0. The van der Waals surface area contributed by atoms with Crippen LogP contribution < -0.4 is 4.72 Å². The molecule has 3 aromatic rings. The first-order valence-electron chi connectivity index (χ1n) is 14.4. The number of pyridine rings is 1. The number of carbonyl (C=O) groups excluding carboxylic acids is 1. The van der Waals surface area contributed by atoms with E-state index >= 15 is 0 Å². The van der Waals surface area contributed by atoms with Crippen molar-refractivity contribution in [2.45, 2.75) is 82.5 Å². The van der Waals surface area contributed by atoms with E-state index in [1.54, 1.807) is 12.1 Å². The Labute approximate surface area is 256 Å². The minimum absolute atomic E-state index is 0.0531. The van der Waals surface area contributed by atoms with E-state index in [2.05, 4.69) is 9.71 Å². The molecular formula is C33H37F3N2O5S. The van der Waals surface area contributed by atoms with Gasteiger partial charge in [-0.2, -0.15) is 21.6 Å². The van der Waals surface area contributed by atoms with Crippen LogP contribution in [0.5, 0.6) is 0 Å². The van der Waals surface area contributed by atoms with E-state index in [0.717, 1.165) is 18.1 Å². The van der Waals surface area contributed by atoms with Crippen molar-refractivity contribution in [1.29, 1.82) is 0 Å². The van der Waals surface area contributed by atoms with Crippen molar-refractivity contribution in [2.24, 2.45) is 5.41 Å². The molecule has 0 amide bonds. The molecule has 11 heteroatoms. The summed E-state index contributed by atoms with van der Waals surface area (Å²) in [5.74, 6) is -1.34.